The van der Waals surface area contributed by atoms with Crippen LogP contribution in [0.1, 0.15) is 20.8 Å². The molecule has 10 nitrogen and oxygen atoms in total. The Morgan fingerprint density at radius 3 is 2.19 bits per heavy atom. The summed E-state index contributed by atoms with van der Waals surface area (Å²) in [6.45, 7) is 5.32. The summed E-state index contributed by atoms with van der Waals surface area (Å²) >= 11 is 0. The normalized spacial score (nSPS) is 11.0. The van der Waals surface area contributed by atoms with Gasteiger partial charge in [0.2, 0.25) is 0 Å². The first kappa shape index (κ1) is 22.6. The molecule has 0 fully saturated rings. The molecule has 3 aromatic rings. The summed E-state index contributed by atoms with van der Waals surface area (Å²) in [5.41, 5.74) is 1.04. The van der Waals surface area contributed by atoms with Crippen LogP contribution in [-0.4, -0.2) is 35.8 Å². The predicted molar refractivity (Wildman–Crippen MR) is 121 cm³/mol. The van der Waals surface area contributed by atoms with Crippen molar-refractivity contribution >= 4 is 39.7 Å². The summed E-state index contributed by atoms with van der Waals surface area (Å²) in [6, 6.07) is 9.97. The highest BCUT2D eigenvalue weighted by Crippen LogP contribution is 2.39. The van der Waals surface area contributed by atoms with Crippen LogP contribution in [0.2, 0.25) is 0 Å². The number of methoxy groups -OCH3 is 2. The summed E-state index contributed by atoms with van der Waals surface area (Å²) in [5, 5.41) is 17.8. The molecule has 10 heteroatoms. The Morgan fingerprint density at radius 1 is 1.03 bits per heavy atom. The fourth-order valence-corrected chi connectivity index (χ4v) is 2.98. The van der Waals surface area contributed by atoms with Crippen LogP contribution in [0.3, 0.4) is 0 Å². The molecule has 0 spiro atoms. The third-order valence-electron chi connectivity index (χ3n) is 4.35. The van der Waals surface area contributed by atoms with Crippen LogP contribution in [0.5, 0.6) is 11.5 Å². The number of anilines is 3. The van der Waals surface area contributed by atoms with E-state index in [0.717, 1.165) is 0 Å². The molecule has 0 aliphatic carbocycles. The van der Waals surface area contributed by atoms with Crippen molar-refractivity contribution in [2.24, 2.45) is 0 Å². The molecule has 0 aliphatic heterocycles. The molecule has 0 bridgehead atoms. The lowest BCUT2D eigenvalue weighted by Crippen LogP contribution is -2.27. The monoisotopic (exact) mass is 440 g/mol. The van der Waals surface area contributed by atoms with Gasteiger partial charge in [-0.15, -0.1) is 0 Å². The maximum Gasteiger partial charge on any atom is 0.412 e. The molecule has 0 aliphatic rings. The SMILES string of the molecule is COc1cc2ncc([N+](=O)[O-])c(Nc3ccc(NC(=O)OC(C)(C)C)cc3)c2cc1OC. The number of nitro groups is 1. The number of carbonyl (C=O) groups is 1. The summed E-state index contributed by atoms with van der Waals surface area (Å²) in [7, 11) is 2.99. The van der Waals surface area contributed by atoms with Gasteiger partial charge in [-0.3, -0.25) is 15.4 Å². The minimum Gasteiger partial charge on any atom is -0.493 e. The van der Waals surface area contributed by atoms with Crippen molar-refractivity contribution in [3.8, 4) is 11.5 Å². The largest absolute Gasteiger partial charge is 0.493 e. The molecular formula is C22H24N4O6. The van der Waals surface area contributed by atoms with Crippen LogP contribution in [0.25, 0.3) is 10.9 Å². The molecule has 1 amide bonds. The number of amides is 1. The molecule has 1 heterocycles. The zero-order valence-electron chi connectivity index (χ0n) is 18.4. The van der Waals surface area contributed by atoms with E-state index in [0.29, 0.717) is 33.8 Å². The fourth-order valence-electron chi connectivity index (χ4n) is 2.98. The Balaban J connectivity index is 1.94. The standard InChI is InChI=1S/C22H24N4O6/c1-22(2,3)32-21(27)25-14-8-6-13(7-9-14)24-20-15-10-18(30-4)19(31-5)11-16(15)23-12-17(20)26(28)29/h6-12H,1-5H3,(H,23,24)(H,25,27). The highest BCUT2D eigenvalue weighted by atomic mass is 16.6. The number of aromatic nitrogens is 1. The molecule has 0 atom stereocenters. The minimum absolute atomic E-state index is 0.194. The zero-order chi connectivity index (χ0) is 23.5. The Hall–Kier alpha value is -4.08. The Kier molecular flexibility index (Phi) is 6.33. The van der Waals surface area contributed by atoms with Gasteiger partial charge in [0.25, 0.3) is 0 Å². The van der Waals surface area contributed by atoms with Crippen molar-refractivity contribution in [2.45, 2.75) is 26.4 Å². The lowest BCUT2D eigenvalue weighted by Gasteiger charge is -2.19. The molecule has 32 heavy (non-hydrogen) atoms. The predicted octanol–water partition coefficient (Wildman–Crippen LogP) is 5.25. The average Bonchev–Trinajstić information content (AvgIpc) is 2.72. The van der Waals surface area contributed by atoms with Crippen LogP contribution in [-0.2, 0) is 4.74 Å². The van der Waals surface area contributed by atoms with Gasteiger partial charge in [-0.25, -0.2) is 9.78 Å². The Labute approximate surface area is 184 Å². The quantitative estimate of drug-likeness (QED) is 0.393. The van der Waals surface area contributed by atoms with E-state index < -0.39 is 16.6 Å². The molecule has 0 radical (unpaired) electrons. The second kappa shape index (κ2) is 8.96. The molecule has 0 saturated carbocycles. The van der Waals surface area contributed by atoms with Crippen molar-refractivity contribution in [2.75, 3.05) is 24.9 Å². The van der Waals surface area contributed by atoms with Gasteiger partial charge in [0.15, 0.2) is 11.5 Å². The van der Waals surface area contributed by atoms with Gasteiger partial charge in [0.05, 0.1) is 24.7 Å². The van der Waals surface area contributed by atoms with Gasteiger partial charge in [-0.05, 0) is 51.1 Å². The number of fused-ring (bicyclic) bond motifs is 1. The van der Waals surface area contributed by atoms with Gasteiger partial charge in [0.1, 0.15) is 17.5 Å². The second-order valence-electron chi connectivity index (χ2n) is 7.83. The van der Waals surface area contributed by atoms with Crippen LogP contribution in [0.15, 0.2) is 42.6 Å². The van der Waals surface area contributed by atoms with Crippen molar-refractivity contribution in [1.82, 2.24) is 4.98 Å². The van der Waals surface area contributed by atoms with Gasteiger partial charge < -0.3 is 19.5 Å². The third kappa shape index (κ3) is 5.15. The number of pyridine rings is 1. The molecule has 1 aromatic heterocycles. The number of carbonyl (C=O) groups excluding carboxylic acids is 1. The van der Waals surface area contributed by atoms with Gasteiger partial charge in [-0.2, -0.15) is 0 Å². The fraction of sp³-hybridized carbons (Fsp3) is 0.273. The smallest absolute Gasteiger partial charge is 0.412 e. The maximum atomic E-state index is 11.9. The number of rotatable bonds is 6. The molecule has 2 N–H and O–H groups in total. The third-order valence-corrected chi connectivity index (χ3v) is 4.35. The molecule has 0 unspecified atom stereocenters. The number of benzene rings is 2. The van der Waals surface area contributed by atoms with E-state index in [1.807, 2.05) is 0 Å². The highest BCUT2D eigenvalue weighted by molar-refractivity contribution is 5.99. The number of nitrogens with one attached hydrogen (secondary N) is 2. The van der Waals surface area contributed by atoms with E-state index >= 15 is 0 Å². The van der Waals surface area contributed by atoms with Crippen molar-refractivity contribution in [3.63, 3.8) is 0 Å². The molecule has 168 valence electrons. The topological polar surface area (TPSA) is 125 Å². The van der Waals surface area contributed by atoms with E-state index in [1.165, 1.54) is 20.4 Å². The van der Waals surface area contributed by atoms with Gasteiger partial charge >= 0.3 is 11.8 Å². The summed E-state index contributed by atoms with van der Waals surface area (Å²) in [5.74, 6) is 0.882. The van der Waals surface area contributed by atoms with E-state index in [2.05, 4.69) is 15.6 Å². The van der Waals surface area contributed by atoms with Gasteiger partial charge in [-0.1, -0.05) is 0 Å². The number of hydrogen-bond acceptors (Lipinski definition) is 8. The molecule has 3 rings (SSSR count). The van der Waals surface area contributed by atoms with E-state index in [4.69, 9.17) is 14.2 Å². The Bertz CT molecular complexity index is 1160. The average molecular weight is 440 g/mol. The van der Waals surface area contributed by atoms with Crippen LogP contribution in [0, 0.1) is 10.1 Å². The lowest BCUT2D eigenvalue weighted by molar-refractivity contribution is -0.384. The highest BCUT2D eigenvalue weighted by Gasteiger charge is 2.21. The lowest BCUT2D eigenvalue weighted by atomic mass is 10.1. The zero-order valence-corrected chi connectivity index (χ0v) is 18.4. The second-order valence-corrected chi connectivity index (χ2v) is 7.83. The number of nitrogens with zero attached hydrogens (tertiary/aromatic N) is 2. The minimum atomic E-state index is -0.614. The van der Waals surface area contributed by atoms with Gasteiger partial charge in [0, 0.05) is 22.8 Å². The molecular weight excluding hydrogens is 416 g/mol. The first-order valence-electron chi connectivity index (χ1n) is 9.67. The summed E-state index contributed by atoms with van der Waals surface area (Å²) in [6.07, 6.45) is 0.615. The van der Waals surface area contributed by atoms with E-state index in [-0.39, 0.29) is 11.4 Å². The van der Waals surface area contributed by atoms with E-state index in [9.17, 15) is 14.9 Å². The van der Waals surface area contributed by atoms with E-state index in [1.54, 1.807) is 57.2 Å². The molecule has 0 saturated heterocycles. The first-order chi connectivity index (χ1) is 15.1. The van der Waals surface area contributed by atoms with Crippen molar-refractivity contribution in [3.05, 3.63) is 52.7 Å². The van der Waals surface area contributed by atoms with Crippen LogP contribution < -0.4 is 20.1 Å². The maximum absolute atomic E-state index is 11.9. The number of hydrogen-bond donors (Lipinski definition) is 2. The summed E-state index contributed by atoms with van der Waals surface area (Å²) < 4.78 is 15.9. The Morgan fingerprint density at radius 2 is 1.62 bits per heavy atom. The number of ether oxygens (including phenoxy) is 3. The van der Waals surface area contributed by atoms with Crippen LogP contribution >= 0.6 is 0 Å². The first-order valence-corrected chi connectivity index (χ1v) is 9.67. The summed E-state index contributed by atoms with van der Waals surface area (Å²) in [4.78, 5) is 27.2. The van der Waals surface area contributed by atoms with Crippen molar-refractivity contribution < 1.29 is 23.9 Å². The van der Waals surface area contributed by atoms with Crippen molar-refractivity contribution in [1.29, 1.82) is 0 Å². The molecule has 2 aromatic carbocycles. The van der Waals surface area contributed by atoms with Crippen LogP contribution in [0.4, 0.5) is 27.5 Å².